The van der Waals surface area contributed by atoms with Crippen LogP contribution >= 0.6 is 0 Å². The van der Waals surface area contributed by atoms with Crippen molar-refractivity contribution < 1.29 is 14.2 Å². The third-order valence-corrected chi connectivity index (χ3v) is 4.74. The number of hydrogen-bond donors (Lipinski definition) is 2. The lowest BCUT2D eigenvalue weighted by atomic mass is 10.1. The lowest BCUT2D eigenvalue weighted by Gasteiger charge is -2.24. The van der Waals surface area contributed by atoms with E-state index in [9.17, 15) is 0 Å². The maximum Gasteiger partial charge on any atom is 0.191 e. The lowest BCUT2D eigenvalue weighted by Crippen LogP contribution is -2.45. The first-order valence-electron chi connectivity index (χ1n) is 9.30. The SMILES string of the molecule is CN=C(NCc1ccc(OC2CCCC2)c(OC)c1)NCC(C)(C)OC. The number of rotatable bonds is 8. The zero-order valence-corrected chi connectivity index (χ0v) is 16.7. The second-order valence-electron chi connectivity index (χ2n) is 7.25. The molecule has 1 aliphatic carbocycles. The number of hydrogen-bond acceptors (Lipinski definition) is 4. The molecule has 0 unspecified atom stereocenters. The summed E-state index contributed by atoms with van der Waals surface area (Å²) in [6, 6.07) is 6.08. The van der Waals surface area contributed by atoms with Crippen molar-refractivity contribution in [1.82, 2.24) is 10.6 Å². The summed E-state index contributed by atoms with van der Waals surface area (Å²) in [6.45, 7) is 5.37. The Balaban J connectivity index is 1.91. The van der Waals surface area contributed by atoms with Crippen LogP contribution in [0.1, 0.15) is 45.1 Å². The highest BCUT2D eigenvalue weighted by Crippen LogP contribution is 2.32. The second-order valence-corrected chi connectivity index (χ2v) is 7.25. The van der Waals surface area contributed by atoms with Crippen LogP contribution in [0.4, 0.5) is 0 Å². The van der Waals surface area contributed by atoms with Crippen molar-refractivity contribution in [3.05, 3.63) is 23.8 Å². The largest absolute Gasteiger partial charge is 0.493 e. The van der Waals surface area contributed by atoms with Gasteiger partial charge in [0.05, 0.1) is 18.8 Å². The molecule has 2 N–H and O–H groups in total. The number of nitrogens with zero attached hydrogens (tertiary/aromatic N) is 1. The van der Waals surface area contributed by atoms with Crippen LogP contribution in [0.15, 0.2) is 23.2 Å². The Morgan fingerprint density at radius 3 is 2.50 bits per heavy atom. The fraction of sp³-hybridized carbons (Fsp3) is 0.650. The molecule has 0 bridgehead atoms. The molecule has 0 atom stereocenters. The summed E-state index contributed by atoms with van der Waals surface area (Å²) in [5.41, 5.74) is 0.856. The Hall–Kier alpha value is -1.95. The van der Waals surface area contributed by atoms with Crippen molar-refractivity contribution in [3.63, 3.8) is 0 Å². The van der Waals surface area contributed by atoms with Gasteiger partial charge in [-0.15, -0.1) is 0 Å². The quantitative estimate of drug-likeness (QED) is 0.549. The summed E-state index contributed by atoms with van der Waals surface area (Å²) in [5.74, 6) is 2.34. The van der Waals surface area contributed by atoms with Crippen LogP contribution in [0, 0.1) is 0 Å². The number of benzene rings is 1. The highest BCUT2D eigenvalue weighted by atomic mass is 16.5. The number of methoxy groups -OCH3 is 2. The van der Waals surface area contributed by atoms with Crippen molar-refractivity contribution in [2.75, 3.05) is 27.8 Å². The molecule has 26 heavy (non-hydrogen) atoms. The second kappa shape index (κ2) is 9.67. The minimum absolute atomic E-state index is 0.250. The van der Waals surface area contributed by atoms with Gasteiger partial charge in [-0.3, -0.25) is 4.99 Å². The first-order valence-corrected chi connectivity index (χ1v) is 9.30. The Labute approximate surface area is 157 Å². The average Bonchev–Trinajstić information content (AvgIpc) is 3.16. The molecule has 0 saturated heterocycles. The van der Waals surface area contributed by atoms with Gasteiger partial charge in [-0.2, -0.15) is 0 Å². The normalized spacial score (nSPS) is 15.8. The van der Waals surface area contributed by atoms with E-state index < -0.39 is 0 Å². The summed E-state index contributed by atoms with van der Waals surface area (Å²) in [6.07, 6.45) is 5.08. The predicted octanol–water partition coefficient (Wildman–Crippen LogP) is 3.11. The van der Waals surface area contributed by atoms with E-state index in [4.69, 9.17) is 14.2 Å². The number of nitrogens with one attached hydrogen (secondary N) is 2. The molecule has 2 rings (SSSR count). The fourth-order valence-corrected chi connectivity index (χ4v) is 2.88. The van der Waals surface area contributed by atoms with E-state index in [-0.39, 0.29) is 5.60 Å². The Morgan fingerprint density at radius 1 is 1.15 bits per heavy atom. The summed E-state index contributed by atoms with van der Waals surface area (Å²) in [4.78, 5) is 4.25. The summed E-state index contributed by atoms with van der Waals surface area (Å²) < 4.78 is 17.0. The summed E-state index contributed by atoms with van der Waals surface area (Å²) in [5, 5.41) is 6.59. The lowest BCUT2D eigenvalue weighted by molar-refractivity contribution is 0.0268. The molecule has 1 aromatic carbocycles. The van der Waals surface area contributed by atoms with Gasteiger partial charge in [0.15, 0.2) is 17.5 Å². The minimum atomic E-state index is -0.250. The van der Waals surface area contributed by atoms with Gasteiger partial charge in [-0.25, -0.2) is 0 Å². The van der Waals surface area contributed by atoms with Crippen LogP contribution in [0.3, 0.4) is 0 Å². The van der Waals surface area contributed by atoms with E-state index in [1.807, 2.05) is 26.0 Å². The molecule has 0 heterocycles. The molecule has 146 valence electrons. The Kier molecular flexibility index (Phi) is 7.57. The van der Waals surface area contributed by atoms with Gasteiger partial charge in [0.25, 0.3) is 0 Å². The van der Waals surface area contributed by atoms with Crippen molar-refractivity contribution in [2.45, 2.75) is 57.8 Å². The maximum absolute atomic E-state index is 6.09. The van der Waals surface area contributed by atoms with Crippen LogP contribution in [-0.4, -0.2) is 45.5 Å². The third-order valence-electron chi connectivity index (χ3n) is 4.74. The molecule has 0 amide bonds. The molecule has 1 saturated carbocycles. The topological polar surface area (TPSA) is 64.1 Å². The van der Waals surface area contributed by atoms with E-state index in [2.05, 4.69) is 21.7 Å². The van der Waals surface area contributed by atoms with Gasteiger partial charge < -0.3 is 24.8 Å². The maximum atomic E-state index is 6.09. The Morgan fingerprint density at radius 2 is 1.88 bits per heavy atom. The van der Waals surface area contributed by atoms with Gasteiger partial charge >= 0.3 is 0 Å². The Bertz CT molecular complexity index is 596. The van der Waals surface area contributed by atoms with E-state index in [0.29, 0.717) is 19.2 Å². The first-order chi connectivity index (χ1) is 12.5. The minimum Gasteiger partial charge on any atom is -0.493 e. The van der Waals surface area contributed by atoms with Crippen molar-refractivity contribution >= 4 is 5.96 Å². The van der Waals surface area contributed by atoms with Crippen molar-refractivity contribution in [2.24, 2.45) is 4.99 Å². The summed E-state index contributed by atoms with van der Waals surface area (Å²) in [7, 11) is 5.15. The molecule has 1 fully saturated rings. The molecule has 6 heteroatoms. The molecular formula is C20H33N3O3. The molecule has 6 nitrogen and oxygen atoms in total. The number of guanidine groups is 1. The zero-order valence-electron chi connectivity index (χ0n) is 16.7. The van der Waals surface area contributed by atoms with Gasteiger partial charge in [-0.05, 0) is 57.2 Å². The average molecular weight is 364 g/mol. The fourth-order valence-electron chi connectivity index (χ4n) is 2.88. The zero-order chi connectivity index (χ0) is 19.0. The van der Waals surface area contributed by atoms with Crippen molar-refractivity contribution in [1.29, 1.82) is 0 Å². The van der Waals surface area contributed by atoms with Crippen molar-refractivity contribution in [3.8, 4) is 11.5 Å². The molecule has 0 radical (unpaired) electrons. The smallest absolute Gasteiger partial charge is 0.191 e. The van der Waals surface area contributed by atoms with Gasteiger partial charge in [0, 0.05) is 27.2 Å². The van der Waals surface area contributed by atoms with E-state index >= 15 is 0 Å². The number of ether oxygens (including phenoxy) is 3. The molecule has 0 aliphatic heterocycles. The molecule has 0 aromatic heterocycles. The van der Waals surface area contributed by atoms with Crippen LogP contribution in [0.5, 0.6) is 11.5 Å². The summed E-state index contributed by atoms with van der Waals surface area (Å²) >= 11 is 0. The molecular weight excluding hydrogens is 330 g/mol. The van der Waals surface area contributed by atoms with Crippen LogP contribution in [-0.2, 0) is 11.3 Å². The van der Waals surface area contributed by atoms with Crippen LogP contribution in [0.2, 0.25) is 0 Å². The van der Waals surface area contributed by atoms with Crippen LogP contribution in [0.25, 0.3) is 0 Å². The van der Waals surface area contributed by atoms with E-state index in [0.717, 1.165) is 35.9 Å². The highest BCUT2D eigenvalue weighted by molar-refractivity contribution is 5.79. The number of aliphatic imine (C=N–C) groups is 1. The van der Waals surface area contributed by atoms with Gasteiger partial charge in [0.2, 0.25) is 0 Å². The van der Waals surface area contributed by atoms with Gasteiger partial charge in [-0.1, -0.05) is 6.07 Å². The monoisotopic (exact) mass is 363 g/mol. The predicted molar refractivity (Wildman–Crippen MR) is 105 cm³/mol. The standard InChI is InChI=1S/C20H33N3O3/c1-20(2,25-5)14-23-19(21-3)22-13-15-10-11-17(18(12-15)24-4)26-16-8-6-7-9-16/h10-12,16H,6-9,13-14H2,1-5H3,(H2,21,22,23). The van der Waals surface area contributed by atoms with E-state index in [1.54, 1.807) is 21.3 Å². The molecule has 1 aromatic rings. The third kappa shape index (κ3) is 6.09. The molecule has 0 spiro atoms. The van der Waals surface area contributed by atoms with Crippen LogP contribution < -0.4 is 20.1 Å². The highest BCUT2D eigenvalue weighted by Gasteiger charge is 2.19. The van der Waals surface area contributed by atoms with E-state index in [1.165, 1.54) is 12.8 Å². The first kappa shape index (κ1) is 20.4. The van der Waals surface area contributed by atoms with Gasteiger partial charge in [0.1, 0.15) is 0 Å². The molecule has 1 aliphatic rings.